The van der Waals surface area contributed by atoms with Gasteiger partial charge in [-0.05, 0) is 25.0 Å². The average Bonchev–Trinajstić information content (AvgIpc) is 3.12. The number of hydrogen-bond donors (Lipinski definition) is 1. The third-order valence-electron chi connectivity index (χ3n) is 2.60. The second kappa shape index (κ2) is 5.21. The smallest absolute Gasteiger partial charge is 0.274 e. The van der Waals surface area contributed by atoms with Gasteiger partial charge in [0.1, 0.15) is 10.8 Å². The summed E-state index contributed by atoms with van der Waals surface area (Å²) in [5, 5.41) is 9.47. The number of aromatic nitrogens is 1. The predicted molar refractivity (Wildman–Crippen MR) is 65.4 cm³/mol. The van der Waals surface area contributed by atoms with E-state index in [9.17, 15) is 4.79 Å². The molecule has 6 heteroatoms. The van der Waals surface area contributed by atoms with Crippen molar-refractivity contribution in [1.82, 2.24) is 9.88 Å². The van der Waals surface area contributed by atoms with Crippen LogP contribution in [0.4, 0.5) is 0 Å². The molecule has 0 unspecified atom stereocenters. The largest absolute Gasteiger partial charge is 0.395 e. The lowest BCUT2D eigenvalue weighted by Crippen LogP contribution is -2.36. The summed E-state index contributed by atoms with van der Waals surface area (Å²) in [7, 11) is 0. The van der Waals surface area contributed by atoms with Crippen LogP contribution >= 0.6 is 23.2 Å². The molecular formula is C11H12Cl2N2O2. The maximum atomic E-state index is 12.2. The van der Waals surface area contributed by atoms with Crippen molar-refractivity contribution in [3.8, 4) is 0 Å². The van der Waals surface area contributed by atoms with Crippen molar-refractivity contribution in [3.63, 3.8) is 0 Å². The van der Waals surface area contributed by atoms with E-state index < -0.39 is 0 Å². The fourth-order valence-electron chi connectivity index (χ4n) is 1.65. The van der Waals surface area contributed by atoms with Crippen molar-refractivity contribution < 1.29 is 9.90 Å². The maximum absolute atomic E-state index is 12.2. The van der Waals surface area contributed by atoms with Gasteiger partial charge in [0, 0.05) is 12.6 Å². The molecule has 0 aromatic carbocycles. The van der Waals surface area contributed by atoms with E-state index in [0.717, 1.165) is 12.8 Å². The van der Waals surface area contributed by atoms with E-state index >= 15 is 0 Å². The highest BCUT2D eigenvalue weighted by Gasteiger charge is 2.33. The molecular weight excluding hydrogens is 263 g/mol. The van der Waals surface area contributed by atoms with Gasteiger partial charge in [-0.25, -0.2) is 4.98 Å². The molecule has 1 heterocycles. The summed E-state index contributed by atoms with van der Waals surface area (Å²) in [6, 6.07) is 3.29. The first-order chi connectivity index (χ1) is 8.13. The topological polar surface area (TPSA) is 53.4 Å². The molecule has 0 radical (unpaired) electrons. The molecule has 0 atom stereocenters. The van der Waals surface area contributed by atoms with E-state index in [-0.39, 0.29) is 34.4 Å². The summed E-state index contributed by atoms with van der Waals surface area (Å²) in [6.45, 7) is 0.231. The van der Waals surface area contributed by atoms with E-state index in [2.05, 4.69) is 4.98 Å². The lowest BCUT2D eigenvalue weighted by molar-refractivity contribution is 0.0702. The molecule has 0 spiro atoms. The van der Waals surface area contributed by atoms with Crippen LogP contribution in [-0.4, -0.2) is 40.1 Å². The molecule has 1 fully saturated rings. The van der Waals surface area contributed by atoms with Gasteiger partial charge >= 0.3 is 0 Å². The molecule has 1 amide bonds. The highest BCUT2D eigenvalue weighted by Crippen LogP contribution is 2.29. The molecule has 17 heavy (non-hydrogen) atoms. The Morgan fingerprint density at radius 3 is 2.76 bits per heavy atom. The third-order valence-corrected chi connectivity index (χ3v) is 3.12. The van der Waals surface area contributed by atoms with Crippen LogP contribution in [0.3, 0.4) is 0 Å². The predicted octanol–water partition coefficient (Wildman–Crippen LogP) is 1.99. The standard InChI is InChI=1S/C11H12Cl2N2O2/c12-8-3-4-9(13)14-10(8)11(17)15(5-6-16)7-1-2-7/h3-4,7,16H,1-2,5-6H2. The number of amides is 1. The summed E-state index contributed by atoms with van der Waals surface area (Å²) in [5.74, 6) is -0.269. The number of carbonyl (C=O) groups is 1. The lowest BCUT2D eigenvalue weighted by Gasteiger charge is -2.21. The Morgan fingerprint density at radius 2 is 2.18 bits per heavy atom. The maximum Gasteiger partial charge on any atom is 0.274 e. The Hall–Kier alpha value is -0.840. The lowest BCUT2D eigenvalue weighted by atomic mass is 10.3. The van der Waals surface area contributed by atoms with Crippen LogP contribution in [0.1, 0.15) is 23.3 Å². The zero-order valence-electron chi connectivity index (χ0n) is 9.07. The van der Waals surface area contributed by atoms with Crippen LogP contribution in [0, 0.1) is 0 Å². The number of nitrogens with zero attached hydrogens (tertiary/aromatic N) is 2. The summed E-state index contributed by atoms with van der Waals surface area (Å²) in [5.41, 5.74) is 0.152. The molecule has 0 aliphatic heterocycles. The quantitative estimate of drug-likeness (QED) is 0.855. The molecule has 4 nitrogen and oxygen atoms in total. The second-order valence-corrected chi connectivity index (χ2v) is 4.71. The normalized spacial score (nSPS) is 14.8. The summed E-state index contributed by atoms with van der Waals surface area (Å²) in [6.07, 6.45) is 1.92. The van der Waals surface area contributed by atoms with Gasteiger partial charge < -0.3 is 10.0 Å². The van der Waals surface area contributed by atoms with Crippen molar-refractivity contribution >= 4 is 29.1 Å². The molecule has 1 aromatic rings. The van der Waals surface area contributed by atoms with E-state index in [0.29, 0.717) is 6.54 Å². The summed E-state index contributed by atoms with van der Waals surface area (Å²) < 4.78 is 0. The molecule has 0 saturated heterocycles. The van der Waals surface area contributed by atoms with Crippen LogP contribution in [0.25, 0.3) is 0 Å². The molecule has 1 aliphatic carbocycles. The molecule has 1 aromatic heterocycles. The third kappa shape index (κ3) is 2.89. The van der Waals surface area contributed by atoms with Crippen molar-refractivity contribution in [2.45, 2.75) is 18.9 Å². The molecule has 92 valence electrons. The fraction of sp³-hybridized carbons (Fsp3) is 0.455. The van der Waals surface area contributed by atoms with Crippen LogP contribution in [0.5, 0.6) is 0 Å². The zero-order chi connectivity index (χ0) is 12.4. The highest BCUT2D eigenvalue weighted by atomic mass is 35.5. The average molecular weight is 275 g/mol. The fourth-order valence-corrected chi connectivity index (χ4v) is 1.98. The van der Waals surface area contributed by atoms with Gasteiger partial charge in [0.25, 0.3) is 5.91 Å². The Kier molecular flexibility index (Phi) is 3.86. The van der Waals surface area contributed by atoms with Gasteiger partial charge in [0.05, 0.1) is 11.6 Å². The van der Waals surface area contributed by atoms with Gasteiger partial charge in [0.2, 0.25) is 0 Å². The van der Waals surface area contributed by atoms with Gasteiger partial charge in [-0.1, -0.05) is 23.2 Å². The van der Waals surface area contributed by atoms with E-state index in [1.165, 1.54) is 6.07 Å². The Morgan fingerprint density at radius 1 is 1.47 bits per heavy atom. The van der Waals surface area contributed by atoms with E-state index in [4.69, 9.17) is 28.3 Å². The van der Waals surface area contributed by atoms with Gasteiger partial charge in [0.15, 0.2) is 0 Å². The minimum absolute atomic E-state index is 0.0690. The summed E-state index contributed by atoms with van der Waals surface area (Å²) in [4.78, 5) is 17.7. The number of carbonyl (C=O) groups excluding carboxylic acids is 1. The zero-order valence-corrected chi connectivity index (χ0v) is 10.6. The van der Waals surface area contributed by atoms with Crippen LogP contribution in [0.15, 0.2) is 12.1 Å². The molecule has 1 N–H and O–H groups in total. The number of aliphatic hydroxyl groups is 1. The van der Waals surface area contributed by atoms with Crippen molar-refractivity contribution in [2.75, 3.05) is 13.2 Å². The molecule has 0 bridgehead atoms. The Bertz CT molecular complexity index is 435. The first kappa shape index (κ1) is 12.6. The minimum atomic E-state index is -0.269. The first-order valence-electron chi connectivity index (χ1n) is 5.37. The molecule has 1 saturated carbocycles. The number of pyridine rings is 1. The van der Waals surface area contributed by atoms with Crippen molar-refractivity contribution in [2.24, 2.45) is 0 Å². The van der Waals surface area contributed by atoms with Crippen molar-refractivity contribution in [1.29, 1.82) is 0 Å². The highest BCUT2D eigenvalue weighted by molar-refractivity contribution is 6.34. The molecule has 2 rings (SSSR count). The number of hydrogen-bond acceptors (Lipinski definition) is 3. The van der Waals surface area contributed by atoms with E-state index in [1.54, 1.807) is 11.0 Å². The van der Waals surface area contributed by atoms with Crippen LogP contribution < -0.4 is 0 Å². The van der Waals surface area contributed by atoms with Gasteiger partial charge in [-0.15, -0.1) is 0 Å². The first-order valence-corrected chi connectivity index (χ1v) is 6.13. The molecule has 1 aliphatic rings. The van der Waals surface area contributed by atoms with Gasteiger partial charge in [-0.2, -0.15) is 0 Å². The van der Waals surface area contributed by atoms with Gasteiger partial charge in [-0.3, -0.25) is 4.79 Å². The number of aliphatic hydroxyl groups excluding tert-OH is 1. The Balaban J connectivity index is 2.24. The minimum Gasteiger partial charge on any atom is -0.395 e. The number of halogens is 2. The second-order valence-electron chi connectivity index (χ2n) is 3.92. The number of rotatable bonds is 4. The van der Waals surface area contributed by atoms with Crippen LogP contribution in [-0.2, 0) is 0 Å². The van der Waals surface area contributed by atoms with E-state index in [1.807, 2.05) is 0 Å². The van der Waals surface area contributed by atoms with Crippen LogP contribution in [0.2, 0.25) is 10.2 Å². The SMILES string of the molecule is O=C(c1nc(Cl)ccc1Cl)N(CCO)C1CC1. The van der Waals surface area contributed by atoms with Crippen molar-refractivity contribution in [3.05, 3.63) is 28.0 Å². The monoisotopic (exact) mass is 274 g/mol. The Labute approximate surface area is 109 Å². The summed E-state index contributed by atoms with van der Waals surface area (Å²) >= 11 is 11.7.